The molecule has 0 fully saturated rings. The molecule has 208 valence electrons. The van der Waals surface area contributed by atoms with Gasteiger partial charge < -0.3 is 10.4 Å². The molecule has 1 atom stereocenters. The summed E-state index contributed by atoms with van der Waals surface area (Å²) in [5, 5.41) is 16.4. The Kier molecular flexibility index (Phi) is 8.38. The summed E-state index contributed by atoms with van der Waals surface area (Å²) in [7, 11) is 0. The number of rotatable bonds is 9. The van der Waals surface area contributed by atoms with Gasteiger partial charge in [0.1, 0.15) is 18.4 Å². The van der Waals surface area contributed by atoms with Gasteiger partial charge in [-0.2, -0.15) is 13.2 Å². The topological polar surface area (TPSA) is 106 Å². The van der Waals surface area contributed by atoms with Gasteiger partial charge in [0.2, 0.25) is 5.91 Å². The van der Waals surface area contributed by atoms with E-state index in [1.54, 1.807) is 30.3 Å². The van der Waals surface area contributed by atoms with Crippen LogP contribution in [0, 0.1) is 5.82 Å². The van der Waals surface area contributed by atoms with Crippen molar-refractivity contribution in [2.45, 2.75) is 31.7 Å². The lowest BCUT2D eigenvalue weighted by Gasteiger charge is -2.18. The van der Waals surface area contributed by atoms with E-state index >= 15 is 0 Å². The van der Waals surface area contributed by atoms with Crippen LogP contribution in [0.15, 0.2) is 77.6 Å². The predicted molar refractivity (Wildman–Crippen MR) is 137 cm³/mol. The summed E-state index contributed by atoms with van der Waals surface area (Å²) in [6, 6.07) is 14.7. The van der Waals surface area contributed by atoms with Crippen molar-refractivity contribution in [2.75, 3.05) is 0 Å². The SMILES string of the molecule is O=C(Cn1nc(-c2ccc(Cl)cc2)n(Cc2ccccc2F)c1=O)NC(Cc1ccccc1C(F)(F)F)C(=O)O. The van der Waals surface area contributed by atoms with Gasteiger partial charge in [-0.25, -0.2) is 18.7 Å². The third-order valence-electron chi connectivity index (χ3n) is 5.99. The van der Waals surface area contributed by atoms with Gasteiger partial charge in [-0.15, -0.1) is 5.10 Å². The van der Waals surface area contributed by atoms with Gasteiger partial charge in [-0.05, 0) is 42.0 Å². The van der Waals surface area contributed by atoms with Crippen LogP contribution in [0.25, 0.3) is 11.4 Å². The number of nitrogens with zero attached hydrogens (tertiary/aromatic N) is 3. The number of alkyl halides is 3. The molecule has 40 heavy (non-hydrogen) atoms. The van der Waals surface area contributed by atoms with E-state index < -0.39 is 54.1 Å². The van der Waals surface area contributed by atoms with Crippen LogP contribution < -0.4 is 11.0 Å². The van der Waals surface area contributed by atoms with Crippen molar-refractivity contribution in [1.29, 1.82) is 0 Å². The average Bonchev–Trinajstić information content (AvgIpc) is 3.19. The fourth-order valence-electron chi connectivity index (χ4n) is 4.07. The van der Waals surface area contributed by atoms with Gasteiger partial charge in [0, 0.05) is 22.6 Å². The van der Waals surface area contributed by atoms with E-state index in [1.807, 2.05) is 0 Å². The third-order valence-corrected chi connectivity index (χ3v) is 6.24. The average molecular weight is 577 g/mol. The van der Waals surface area contributed by atoms with E-state index in [4.69, 9.17) is 11.6 Å². The normalized spacial score (nSPS) is 12.2. The second kappa shape index (κ2) is 11.7. The Balaban J connectivity index is 1.62. The van der Waals surface area contributed by atoms with Crippen LogP contribution in [0.2, 0.25) is 5.02 Å². The Morgan fingerprint density at radius 1 is 0.975 bits per heavy atom. The lowest BCUT2D eigenvalue weighted by Crippen LogP contribution is -2.45. The van der Waals surface area contributed by atoms with E-state index in [0.717, 1.165) is 21.4 Å². The number of carbonyl (C=O) groups is 2. The van der Waals surface area contributed by atoms with Crippen molar-refractivity contribution >= 4 is 23.5 Å². The van der Waals surface area contributed by atoms with E-state index in [0.29, 0.717) is 10.6 Å². The number of halogens is 5. The molecular weight excluding hydrogens is 556 g/mol. The van der Waals surface area contributed by atoms with Crippen LogP contribution in [0.1, 0.15) is 16.7 Å². The van der Waals surface area contributed by atoms with Crippen LogP contribution in [-0.4, -0.2) is 37.4 Å². The maximum absolute atomic E-state index is 14.4. The zero-order valence-electron chi connectivity index (χ0n) is 20.5. The second-order valence-corrected chi connectivity index (χ2v) is 9.20. The molecule has 0 bridgehead atoms. The number of carboxylic acid groups (broad SMARTS) is 1. The first-order valence-electron chi connectivity index (χ1n) is 11.8. The number of amides is 1. The third kappa shape index (κ3) is 6.57. The van der Waals surface area contributed by atoms with Crippen LogP contribution in [0.4, 0.5) is 17.6 Å². The van der Waals surface area contributed by atoms with Gasteiger partial charge in [0.25, 0.3) is 0 Å². The minimum absolute atomic E-state index is 0.0895. The van der Waals surface area contributed by atoms with Crippen molar-refractivity contribution in [2.24, 2.45) is 0 Å². The van der Waals surface area contributed by atoms with Crippen molar-refractivity contribution in [3.63, 3.8) is 0 Å². The smallest absolute Gasteiger partial charge is 0.416 e. The summed E-state index contributed by atoms with van der Waals surface area (Å²) in [4.78, 5) is 37.8. The Bertz CT molecular complexity index is 1600. The first-order valence-corrected chi connectivity index (χ1v) is 12.2. The van der Waals surface area contributed by atoms with Gasteiger partial charge in [0.05, 0.1) is 12.1 Å². The Morgan fingerprint density at radius 2 is 1.60 bits per heavy atom. The first kappa shape index (κ1) is 28.6. The number of hydrogen-bond donors (Lipinski definition) is 2. The molecule has 0 radical (unpaired) electrons. The maximum atomic E-state index is 14.4. The highest BCUT2D eigenvalue weighted by Crippen LogP contribution is 2.32. The fraction of sp³-hybridized carbons (Fsp3) is 0.185. The standard InChI is InChI=1S/C27H21ClF4N4O4/c28-19-11-9-16(10-12-19)24-34-36(26(40)35(24)14-18-6-2-4-8-21(18)29)15-23(37)33-22(25(38)39)13-17-5-1-3-7-20(17)27(30,31)32/h1-12,22H,13-15H2,(H,33,37)(H,38,39). The molecule has 1 amide bonds. The maximum Gasteiger partial charge on any atom is 0.416 e. The van der Waals surface area contributed by atoms with Crippen LogP contribution >= 0.6 is 11.6 Å². The van der Waals surface area contributed by atoms with Crippen molar-refractivity contribution < 1.29 is 32.3 Å². The van der Waals surface area contributed by atoms with Crippen LogP contribution in [-0.2, 0) is 35.3 Å². The van der Waals surface area contributed by atoms with Crippen LogP contribution in [0.3, 0.4) is 0 Å². The van der Waals surface area contributed by atoms with Crippen molar-refractivity contribution in [3.05, 3.63) is 111 Å². The van der Waals surface area contributed by atoms with Gasteiger partial charge in [0.15, 0.2) is 5.82 Å². The molecule has 3 aromatic carbocycles. The summed E-state index contributed by atoms with van der Waals surface area (Å²) in [6.45, 7) is -0.967. The highest BCUT2D eigenvalue weighted by atomic mass is 35.5. The van der Waals surface area contributed by atoms with E-state index in [9.17, 15) is 37.1 Å². The molecule has 8 nitrogen and oxygen atoms in total. The minimum Gasteiger partial charge on any atom is -0.480 e. The lowest BCUT2D eigenvalue weighted by atomic mass is 9.99. The first-order chi connectivity index (χ1) is 18.9. The van der Waals surface area contributed by atoms with Crippen LogP contribution in [0.5, 0.6) is 0 Å². The molecule has 0 aliphatic rings. The quantitative estimate of drug-likeness (QED) is 0.288. The molecule has 1 heterocycles. The zero-order valence-corrected chi connectivity index (χ0v) is 21.3. The van der Waals surface area contributed by atoms with E-state index in [2.05, 4.69) is 10.4 Å². The van der Waals surface area contributed by atoms with Gasteiger partial charge >= 0.3 is 17.8 Å². The predicted octanol–water partition coefficient (Wildman–Crippen LogP) is 4.38. The van der Waals surface area contributed by atoms with Gasteiger partial charge in [-0.1, -0.05) is 48.0 Å². The summed E-state index contributed by atoms with van der Waals surface area (Å²) < 4.78 is 56.4. The molecule has 13 heteroatoms. The van der Waals surface area contributed by atoms with Gasteiger partial charge in [-0.3, -0.25) is 9.36 Å². The highest BCUT2D eigenvalue weighted by Gasteiger charge is 2.34. The number of carbonyl (C=O) groups excluding carboxylic acids is 1. The number of benzene rings is 3. The molecule has 1 aromatic heterocycles. The zero-order chi connectivity index (χ0) is 29.0. The van der Waals surface area contributed by atoms with Crippen molar-refractivity contribution in [3.8, 4) is 11.4 Å². The number of aromatic nitrogens is 3. The fourth-order valence-corrected chi connectivity index (χ4v) is 4.19. The molecule has 4 aromatic rings. The van der Waals surface area contributed by atoms with Crippen molar-refractivity contribution in [1.82, 2.24) is 19.7 Å². The summed E-state index contributed by atoms with van der Waals surface area (Å²) in [5.41, 5.74) is -1.52. The molecule has 1 unspecified atom stereocenters. The lowest BCUT2D eigenvalue weighted by molar-refractivity contribution is -0.143. The number of aliphatic carboxylic acids is 1. The number of carboxylic acids is 1. The summed E-state index contributed by atoms with van der Waals surface area (Å²) in [5.74, 6) is -3.02. The number of hydrogen-bond acceptors (Lipinski definition) is 4. The Labute approximate surface area is 229 Å². The second-order valence-electron chi connectivity index (χ2n) is 8.77. The molecule has 2 N–H and O–H groups in total. The Hall–Kier alpha value is -4.45. The molecular formula is C27H21ClF4N4O4. The molecule has 0 aliphatic carbocycles. The number of nitrogens with one attached hydrogen (secondary N) is 1. The molecule has 0 saturated heterocycles. The molecule has 0 saturated carbocycles. The molecule has 0 aliphatic heterocycles. The molecule has 0 spiro atoms. The minimum atomic E-state index is -4.72. The summed E-state index contributed by atoms with van der Waals surface area (Å²) >= 11 is 5.95. The van der Waals surface area contributed by atoms with E-state index in [1.165, 1.54) is 30.3 Å². The Morgan fingerprint density at radius 3 is 2.23 bits per heavy atom. The largest absolute Gasteiger partial charge is 0.480 e. The summed E-state index contributed by atoms with van der Waals surface area (Å²) in [6.07, 6.45) is -5.37. The molecule has 4 rings (SSSR count). The van der Waals surface area contributed by atoms with E-state index in [-0.39, 0.29) is 23.5 Å². The highest BCUT2D eigenvalue weighted by molar-refractivity contribution is 6.30. The monoisotopic (exact) mass is 576 g/mol.